The van der Waals surface area contributed by atoms with E-state index in [4.69, 9.17) is 0 Å². The monoisotopic (exact) mass is 272 g/mol. The second-order valence-corrected chi connectivity index (χ2v) is 5.96. The summed E-state index contributed by atoms with van der Waals surface area (Å²) in [5.74, 6) is 0.222. The van der Waals surface area contributed by atoms with Crippen LogP contribution in [-0.4, -0.2) is 30.4 Å². The third kappa shape index (κ3) is 2.97. The summed E-state index contributed by atoms with van der Waals surface area (Å²) in [6.07, 6.45) is 8.40. The molecule has 2 aliphatic rings. The van der Waals surface area contributed by atoms with Crippen molar-refractivity contribution in [3.05, 3.63) is 29.3 Å². The van der Waals surface area contributed by atoms with Gasteiger partial charge in [0, 0.05) is 30.9 Å². The number of anilines is 1. The molecule has 0 aliphatic carbocycles. The van der Waals surface area contributed by atoms with Gasteiger partial charge in [0.25, 0.3) is 5.91 Å². The van der Waals surface area contributed by atoms with Crippen LogP contribution in [0.15, 0.2) is 18.2 Å². The van der Waals surface area contributed by atoms with E-state index < -0.39 is 0 Å². The van der Waals surface area contributed by atoms with Crippen LogP contribution in [0.1, 0.15) is 54.4 Å². The van der Waals surface area contributed by atoms with Gasteiger partial charge in [0.05, 0.1) is 0 Å². The zero-order valence-electron chi connectivity index (χ0n) is 12.2. The van der Waals surface area contributed by atoms with Crippen molar-refractivity contribution in [2.75, 3.05) is 25.0 Å². The summed E-state index contributed by atoms with van der Waals surface area (Å²) in [5.41, 5.74) is 3.38. The summed E-state index contributed by atoms with van der Waals surface area (Å²) in [6, 6.07) is 6.16. The van der Waals surface area contributed by atoms with Crippen LogP contribution in [-0.2, 0) is 6.42 Å². The molecule has 1 N–H and O–H groups in total. The summed E-state index contributed by atoms with van der Waals surface area (Å²) < 4.78 is 0. The lowest BCUT2D eigenvalue weighted by atomic mass is 10.00. The Kier molecular flexibility index (Phi) is 4.24. The fourth-order valence-electron chi connectivity index (χ4n) is 3.24. The standard InChI is InChI=1S/C17H24N2O/c20-17(19-11-4-2-1-3-5-12-19)15-8-9-16-14(13-15)7-6-10-18-16/h8-9,13,18H,1-7,10-12H2. The Balaban J connectivity index is 1.75. The molecule has 108 valence electrons. The highest BCUT2D eigenvalue weighted by molar-refractivity contribution is 5.95. The zero-order valence-corrected chi connectivity index (χ0v) is 12.2. The zero-order chi connectivity index (χ0) is 13.8. The molecule has 3 heteroatoms. The number of carbonyl (C=O) groups excluding carboxylic acids is 1. The van der Waals surface area contributed by atoms with Gasteiger partial charge in [-0.1, -0.05) is 19.3 Å². The summed E-state index contributed by atoms with van der Waals surface area (Å²) in [4.78, 5) is 14.7. The number of fused-ring (bicyclic) bond motifs is 1. The largest absolute Gasteiger partial charge is 0.385 e. The number of hydrogen-bond donors (Lipinski definition) is 1. The van der Waals surface area contributed by atoms with Gasteiger partial charge in [-0.2, -0.15) is 0 Å². The van der Waals surface area contributed by atoms with Crippen molar-refractivity contribution < 1.29 is 4.79 Å². The molecule has 1 aromatic rings. The van der Waals surface area contributed by atoms with Gasteiger partial charge in [0.1, 0.15) is 0 Å². The predicted octanol–water partition coefficient (Wildman–Crippen LogP) is 3.45. The Hall–Kier alpha value is -1.51. The van der Waals surface area contributed by atoms with Gasteiger partial charge in [-0.15, -0.1) is 0 Å². The van der Waals surface area contributed by atoms with Crippen molar-refractivity contribution in [1.29, 1.82) is 0 Å². The Morgan fingerprint density at radius 3 is 2.55 bits per heavy atom. The van der Waals surface area contributed by atoms with Crippen LogP contribution in [0, 0.1) is 0 Å². The van der Waals surface area contributed by atoms with E-state index in [1.165, 1.54) is 30.5 Å². The Bertz CT molecular complexity index is 476. The summed E-state index contributed by atoms with van der Waals surface area (Å²) >= 11 is 0. The summed E-state index contributed by atoms with van der Waals surface area (Å²) in [5, 5.41) is 3.40. The number of nitrogens with one attached hydrogen (secondary N) is 1. The van der Waals surface area contributed by atoms with Gasteiger partial charge >= 0.3 is 0 Å². The molecule has 1 saturated heterocycles. The van der Waals surface area contributed by atoms with Crippen LogP contribution in [0.2, 0.25) is 0 Å². The SMILES string of the molecule is O=C(c1ccc2c(c1)CCCN2)N1CCCCCCC1. The summed E-state index contributed by atoms with van der Waals surface area (Å²) in [6.45, 7) is 2.90. The molecule has 0 unspecified atom stereocenters. The average molecular weight is 272 g/mol. The molecular weight excluding hydrogens is 248 g/mol. The van der Waals surface area contributed by atoms with Gasteiger partial charge in [0.2, 0.25) is 0 Å². The van der Waals surface area contributed by atoms with Gasteiger partial charge in [0.15, 0.2) is 0 Å². The Morgan fingerprint density at radius 2 is 1.75 bits per heavy atom. The molecule has 3 nitrogen and oxygen atoms in total. The lowest BCUT2D eigenvalue weighted by molar-refractivity contribution is 0.0742. The van der Waals surface area contributed by atoms with E-state index in [0.717, 1.165) is 50.9 Å². The molecule has 1 fully saturated rings. The number of likely N-dealkylation sites (tertiary alicyclic amines) is 1. The molecule has 3 rings (SSSR count). The highest BCUT2D eigenvalue weighted by Crippen LogP contribution is 2.24. The fraction of sp³-hybridized carbons (Fsp3) is 0.588. The highest BCUT2D eigenvalue weighted by atomic mass is 16.2. The molecule has 0 spiro atoms. The number of carbonyl (C=O) groups is 1. The minimum Gasteiger partial charge on any atom is -0.385 e. The van der Waals surface area contributed by atoms with E-state index in [1.54, 1.807) is 0 Å². The number of benzene rings is 1. The van der Waals surface area contributed by atoms with Crippen molar-refractivity contribution in [3.8, 4) is 0 Å². The number of hydrogen-bond acceptors (Lipinski definition) is 2. The molecule has 0 radical (unpaired) electrons. The molecule has 0 aromatic heterocycles. The third-order valence-corrected chi connectivity index (χ3v) is 4.43. The second kappa shape index (κ2) is 6.29. The Labute approximate surface area is 121 Å². The Morgan fingerprint density at radius 1 is 1.00 bits per heavy atom. The molecule has 0 bridgehead atoms. The van der Waals surface area contributed by atoms with Crippen molar-refractivity contribution in [2.45, 2.75) is 44.9 Å². The lowest BCUT2D eigenvalue weighted by Crippen LogP contribution is -2.34. The predicted molar refractivity (Wildman–Crippen MR) is 82.2 cm³/mol. The first kappa shape index (κ1) is 13.5. The van der Waals surface area contributed by atoms with E-state index in [9.17, 15) is 4.79 Å². The van der Waals surface area contributed by atoms with Crippen molar-refractivity contribution in [1.82, 2.24) is 4.90 Å². The third-order valence-electron chi connectivity index (χ3n) is 4.43. The second-order valence-electron chi connectivity index (χ2n) is 5.96. The molecule has 1 aromatic carbocycles. The number of amides is 1. The van der Waals surface area contributed by atoms with Crippen LogP contribution in [0.25, 0.3) is 0 Å². The fourth-order valence-corrected chi connectivity index (χ4v) is 3.24. The molecule has 2 heterocycles. The van der Waals surface area contributed by atoms with Crippen LogP contribution < -0.4 is 5.32 Å². The smallest absolute Gasteiger partial charge is 0.253 e. The van der Waals surface area contributed by atoms with Crippen LogP contribution >= 0.6 is 0 Å². The van der Waals surface area contributed by atoms with E-state index in [1.807, 2.05) is 6.07 Å². The highest BCUT2D eigenvalue weighted by Gasteiger charge is 2.18. The maximum absolute atomic E-state index is 12.7. The quantitative estimate of drug-likeness (QED) is 0.849. The van der Waals surface area contributed by atoms with Crippen molar-refractivity contribution in [2.24, 2.45) is 0 Å². The molecular formula is C17H24N2O. The van der Waals surface area contributed by atoms with E-state index in [-0.39, 0.29) is 5.91 Å². The average Bonchev–Trinajstić information content (AvgIpc) is 2.46. The maximum atomic E-state index is 12.7. The first-order valence-electron chi connectivity index (χ1n) is 8.01. The molecule has 0 saturated carbocycles. The molecule has 2 aliphatic heterocycles. The molecule has 1 amide bonds. The minimum absolute atomic E-state index is 0.222. The van der Waals surface area contributed by atoms with Gasteiger partial charge in [-0.3, -0.25) is 4.79 Å². The van der Waals surface area contributed by atoms with E-state index in [2.05, 4.69) is 22.3 Å². The maximum Gasteiger partial charge on any atom is 0.253 e. The van der Waals surface area contributed by atoms with Gasteiger partial charge in [-0.25, -0.2) is 0 Å². The number of aryl methyl sites for hydroxylation is 1. The van der Waals surface area contributed by atoms with Crippen LogP contribution in [0.3, 0.4) is 0 Å². The van der Waals surface area contributed by atoms with E-state index in [0.29, 0.717) is 0 Å². The van der Waals surface area contributed by atoms with Crippen LogP contribution in [0.4, 0.5) is 5.69 Å². The first-order chi connectivity index (χ1) is 9.84. The van der Waals surface area contributed by atoms with Crippen LogP contribution in [0.5, 0.6) is 0 Å². The molecule has 0 atom stereocenters. The normalized spacial score (nSPS) is 19.5. The van der Waals surface area contributed by atoms with Gasteiger partial charge < -0.3 is 10.2 Å². The number of rotatable bonds is 1. The number of nitrogens with zero attached hydrogens (tertiary/aromatic N) is 1. The van der Waals surface area contributed by atoms with Crippen molar-refractivity contribution in [3.63, 3.8) is 0 Å². The van der Waals surface area contributed by atoms with E-state index >= 15 is 0 Å². The van der Waals surface area contributed by atoms with Gasteiger partial charge in [-0.05, 0) is 49.4 Å². The molecule has 20 heavy (non-hydrogen) atoms. The topological polar surface area (TPSA) is 32.3 Å². The van der Waals surface area contributed by atoms with Crippen molar-refractivity contribution >= 4 is 11.6 Å². The first-order valence-corrected chi connectivity index (χ1v) is 8.01. The minimum atomic E-state index is 0.222. The summed E-state index contributed by atoms with van der Waals surface area (Å²) in [7, 11) is 0. The lowest BCUT2D eigenvalue weighted by Gasteiger charge is -2.26.